The monoisotopic (exact) mass is 259 g/mol. The SMILES string of the molecule is COC(=O)C=Cc1cccc2c1ccn2C(=O)OC. The molecule has 2 rings (SSSR count). The van der Waals surface area contributed by atoms with Gasteiger partial charge in [-0.2, -0.15) is 0 Å². The minimum absolute atomic E-state index is 0.426. The van der Waals surface area contributed by atoms with Crippen LogP contribution in [0.2, 0.25) is 0 Å². The average molecular weight is 259 g/mol. The number of rotatable bonds is 2. The number of ether oxygens (including phenoxy) is 2. The first-order valence-electron chi connectivity index (χ1n) is 5.62. The number of carbonyl (C=O) groups is 2. The molecule has 0 saturated carbocycles. The van der Waals surface area contributed by atoms with Crippen molar-refractivity contribution in [1.82, 2.24) is 4.57 Å². The minimum atomic E-state index is -0.455. The third kappa shape index (κ3) is 2.49. The molecule has 5 nitrogen and oxygen atoms in total. The fourth-order valence-electron chi connectivity index (χ4n) is 1.82. The molecular formula is C14H13NO4. The van der Waals surface area contributed by atoms with Crippen LogP contribution in [0.15, 0.2) is 36.5 Å². The predicted molar refractivity (Wildman–Crippen MR) is 70.8 cm³/mol. The standard InChI is InChI=1S/C14H13NO4/c1-18-13(16)7-6-10-4-3-5-12-11(10)8-9-15(12)14(17)19-2/h3-9H,1-2H3. The van der Waals surface area contributed by atoms with Crippen molar-refractivity contribution >= 4 is 29.0 Å². The van der Waals surface area contributed by atoms with E-state index in [-0.39, 0.29) is 0 Å². The Hall–Kier alpha value is -2.56. The van der Waals surface area contributed by atoms with Gasteiger partial charge in [-0.3, -0.25) is 4.57 Å². The Morgan fingerprint density at radius 3 is 2.63 bits per heavy atom. The van der Waals surface area contributed by atoms with Crippen LogP contribution < -0.4 is 0 Å². The third-order valence-electron chi connectivity index (χ3n) is 2.74. The summed E-state index contributed by atoms with van der Waals surface area (Å²) in [5, 5.41) is 0.855. The number of benzene rings is 1. The lowest BCUT2D eigenvalue weighted by Gasteiger charge is -2.02. The highest BCUT2D eigenvalue weighted by atomic mass is 16.5. The second kappa shape index (κ2) is 5.39. The van der Waals surface area contributed by atoms with Crippen molar-refractivity contribution in [3.05, 3.63) is 42.1 Å². The summed E-state index contributed by atoms with van der Waals surface area (Å²) < 4.78 is 10.6. The Balaban J connectivity index is 2.47. The largest absolute Gasteiger partial charge is 0.466 e. The fourth-order valence-corrected chi connectivity index (χ4v) is 1.82. The van der Waals surface area contributed by atoms with Gasteiger partial charge in [-0.15, -0.1) is 0 Å². The Morgan fingerprint density at radius 2 is 1.95 bits per heavy atom. The van der Waals surface area contributed by atoms with Gasteiger partial charge in [-0.05, 0) is 23.8 Å². The Bertz CT molecular complexity index is 655. The second-order valence-electron chi connectivity index (χ2n) is 3.79. The van der Waals surface area contributed by atoms with Crippen LogP contribution >= 0.6 is 0 Å². The van der Waals surface area contributed by atoms with Crippen LogP contribution in [0.3, 0.4) is 0 Å². The van der Waals surface area contributed by atoms with Crippen LogP contribution in [0.5, 0.6) is 0 Å². The van der Waals surface area contributed by atoms with Crippen LogP contribution in [-0.4, -0.2) is 30.8 Å². The second-order valence-corrected chi connectivity index (χ2v) is 3.79. The molecule has 1 heterocycles. The van der Waals surface area contributed by atoms with Gasteiger partial charge in [0.25, 0.3) is 0 Å². The molecule has 0 atom stereocenters. The number of nitrogens with zero attached hydrogens (tertiary/aromatic N) is 1. The molecule has 5 heteroatoms. The van der Waals surface area contributed by atoms with E-state index in [1.807, 2.05) is 12.1 Å². The Kier molecular flexibility index (Phi) is 3.66. The summed E-state index contributed by atoms with van der Waals surface area (Å²) in [6.45, 7) is 0. The zero-order valence-electron chi connectivity index (χ0n) is 10.6. The molecule has 0 saturated heterocycles. The van der Waals surface area contributed by atoms with Crippen LogP contribution in [0, 0.1) is 0 Å². The summed E-state index contributed by atoms with van der Waals surface area (Å²) in [7, 11) is 2.65. The number of methoxy groups -OCH3 is 2. The molecule has 2 aromatic rings. The van der Waals surface area contributed by atoms with E-state index in [2.05, 4.69) is 4.74 Å². The summed E-state index contributed by atoms with van der Waals surface area (Å²) in [5.74, 6) is -0.426. The highest BCUT2D eigenvalue weighted by Gasteiger charge is 2.09. The average Bonchev–Trinajstić information content (AvgIpc) is 2.88. The number of hydrogen-bond donors (Lipinski definition) is 0. The van der Waals surface area contributed by atoms with Crippen molar-refractivity contribution in [2.45, 2.75) is 0 Å². The smallest absolute Gasteiger partial charge is 0.418 e. The maximum absolute atomic E-state index is 11.6. The molecule has 98 valence electrons. The van der Waals surface area contributed by atoms with Crippen molar-refractivity contribution < 1.29 is 19.1 Å². The molecule has 0 aliphatic rings. The zero-order chi connectivity index (χ0) is 13.8. The van der Waals surface area contributed by atoms with Crippen molar-refractivity contribution in [2.75, 3.05) is 14.2 Å². The molecule has 1 aromatic heterocycles. The highest BCUT2D eigenvalue weighted by Crippen LogP contribution is 2.21. The van der Waals surface area contributed by atoms with E-state index in [4.69, 9.17) is 4.74 Å². The molecule has 0 amide bonds. The van der Waals surface area contributed by atoms with E-state index >= 15 is 0 Å². The van der Waals surface area contributed by atoms with Gasteiger partial charge < -0.3 is 9.47 Å². The van der Waals surface area contributed by atoms with Gasteiger partial charge in [-0.25, -0.2) is 9.59 Å². The van der Waals surface area contributed by atoms with Gasteiger partial charge in [0.15, 0.2) is 0 Å². The quantitative estimate of drug-likeness (QED) is 0.614. The van der Waals surface area contributed by atoms with Gasteiger partial charge >= 0.3 is 12.1 Å². The first kappa shape index (κ1) is 12.9. The molecule has 0 spiro atoms. The molecule has 0 aliphatic heterocycles. The number of aromatic nitrogens is 1. The van der Waals surface area contributed by atoms with E-state index < -0.39 is 12.1 Å². The highest BCUT2D eigenvalue weighted by molar-refractivity contribution is 5.97. The van der Waals surface area contributed by atoms with Crippen molar-refractivity contribution in [1.29, 1.82) is 0 Å². The third-order valence-corrected chi connectivity index (χ3v) is 2.74. The lowest BCUT2D eigenvalue weighted by Crippen LogP contribution is -2.09. The zero-order valence-corrected chi connectivity index (χ0v) is 10.6. The van der Waals surface area contributed by atoms with Crippen LogP contribution in [0.25, 0.3) is 17.0 Å². The van der Waals surface area contributed by atoms with E-state index in [1.54, 1.807) is 24.4 Å². The Labute approximate surface area is 110 Å². The van der Waals surface area contributed by atoms with Gasteiger partial charge in [-0.1, -0.05) is 12.1 Å². The number of carbonyl (C=O) groups excluding carboxylic acids is 2. The molecule has 0 aliphatic carbocycles. The van der Waals surface area contributed by atoms with E-state index in [0.29, 0.717) is 0 Å². The van der Waals surface area contributed by atoms with Crippen LogP contribution in [0.1, 0.15) is 5.56 Å². The van der Waals surface area contributed by atoms with Gasteiger partial charge in [0.1, 0.15) is 0 Å². The molecular weight excluding hydrogens is 246 g/mol. The van der Waals surface area contributed by atoms with Crippen LogP contribution in [-0.2, 0) is 14.3 Å². The topological polar surface area (TPSA) is 57.5 Å². The molecule has 0 N–H and O–H groups in total. The molecule has 0 unspecified atom stereocenters. The van der Waals surface area contributed by atoms with Crippen LogP contribution in [0.4, 0.5) is 4.79 Å². The van der Waals surface area contributed by atoms with E-state index in [0.717, 1.165) is 16.5 Å². The maximum atomic E-state index is 11.6. The summed E-state index contributed by atoms with van der Waals surface area (Å²) >= 11 is 0. The lowest BCUT2D eigenvalue weighted by atomic mass is 10.1. The van der Waals surface area contributed by atoms with Gasteiger partial charge in [0, 0.05) is 17.7 Å². The lowest BCUT2D eigenvalue weighted by molar-refractivity contribution is -0.134. The Morgan fingerprint density at radius 1 is 1.16 bits per heavy atom. The fraction of sp³-hybridized carbons (Fsp3) is 0.143. The van der Waals surface area contributed by atoms with Gasteiger partial charge in [0.05, 0.1) is 19.7 Å². The first-order valence-corrected chi connectivity index (χ1v) is 5.62. The van der Waals surface area contributed by atoms with E-state index in [1.165, 1.54) is 24.9 Å². The number of hydrogen-bond acceptors (Lipinski definition) is 4. The summed E-state index contributed by atoms with van der Waals surface area (Å²) in [4.78, 5) is 22.7. The molecule has 1 aromatic carbocycles. The van der Waals surface area contributed by atoms with E-state index in [9.17, 15) is 9.59 Å². The van der Waals surface area contributed by atoms with Crippen molar-refractivity contribution in [2.24, 2.45) is 0 Å². The maximum Gasteiger partial charge on any atom is 0.418 e. The minimum Gasteiger partial charge on any atom is -0.466 e. The molecule has 0 fully saturated rings. The first-order chi connectivity index (χ1) is 9.17. The number of fused-ring (bicyclic) bond motifs is 1. The number of esters is 1. The summed E-state index contributed by atoms with van der Waals surface area (Å²) in [6.07, 6.45) is 4.16. The van der Waals surface area contributed by atoms with Gasteiger partial charge in [0.2, 0.25) is 0 Å². The normalized spacial score (nSPS) is 10.8. The predicted octanol–water partition coefficient (Wildman–Crippen LogP) is 2.44. The summed E-state index contributed by atoms with van der Waals surface area (Å²) in [5.41, 5.74) is 1.55. The molecule has 0 bridgehead atoms. The molecule has 0 radical (unpaired) electrons. The van der Waals surface area contributed by atoms with Crippen molar-refractivity contribution in [3.63, 3.8) is 0 Å². The molecule has 19 heavy (non-hydrogen) atoms. The summed E-state index contributed by atoms with van der Waals surface area (Å²) in [6, 6.07) is 7.26. The van der Waals surface area contributed by atoms with Crippen molar-refractivity contribution in [3.8, 4) is 0 Å².